The number of rotatable bonds is 4. The molecule has 0 saturated heterocycles. The Bertz CT molecular complexity index is 599. The third-order valence-electron chi connectivity index (χ3n) is 2.98. The molecule has 0 amide bonds. The SMILES string of the molecule is COc1ccc(CC(N)c2cc(Cl)cc(Cl)c2)cc1Br. The van der Waals surface area contributed by atoms with E-state index in [4.69, 9.17) is 33.7 Å². The molecular formula is C15H14BrCl2NO. The van der Waals surface area contributed by atoms with E-state index in [0.29, 0.717) is 16.5 Å². The molecule has 0 aliphatic rings. The highest BCUT2D eigenvalue weighted by Crippen LogP contribution is 2.28. The Morgan fingerprint density at radius 3 is 2.35 bits per heavy atom. The minimum absolute atomic E-state index is 0.161. The molecule has 0 aliphatic heterocycles. The number of halogens is 3. The molecule has 2 aromatic rings. The van der Waals surface area contributed by atoms with Gasteiger partial charge < -0.3 is 10.5 Å². The van der Waals surface area contributed by atoms with Crippen LogP contribution in [0, 0.1) is 0 Å². The fraction of sp³-hybridized carbons (Fsp3) is 0.200. The number of methoxy groups -OCH3 is 1. The van der Waals surface area contributed by atoms with Crippen LogP contribution in [0.15, 0.2) is 40.9 Å². The zero-order valence-corrected chi connectivity index (χ0v) is 14.0. The highest BCUT2D eigenvalue weighted by atomic mass is 79.9. The summed E-state index contributed by atoms with van der Waals surface area (Å²) in [5, 5.41) is 1.19. The van der Waals surface area contributed by atoms with Crippen molar-refractivity contribution in [3.05, 3.63) is 62.0 Å². The Labute approximate surface area is 137 Å². The van der Waals surface area contributed by atoms with Gasteiger partial charge >= 0.3 is 0 Å². The second kappa shape index (κ2) is 6.81. The summed E-state index contributed by atoms with van der Waals surface area (Å²) in [6.45, 7) is 0. The van der Waals surface area contributed by atoms with Crippen LogP contribution in [0.4, 0.5) is 0 Å². The Morgan fingerprint density at radius 2 is 1.80 bits per heavy atom. The molecule has 106 valence electrons. The largest absolute Gasteiger partial charge is 0.496 e. The van der Waals surface area contributed by atoms with E-state index in [-0.39, 0.29) is 6.04 Å². The molecule has 0 aromatic heterocycles. The van der Waals surface area contributed by atoms with Gasteiger partial charge in [0, 0.05) is 16.1 Å². The zero-order valence-electron chi connectivity index (χ0n) is 10.9. The number of benzene rings is 2. The molecule has 5 heteroatoms. The van der Waals surface area contributed by atoms with E-state index < -0.39 is 0 Å². The maximum absolute atomic E-state index is 6.22. The Morgan fingerprint density at radius 1 is 1.15 bits per heavy atom. The summed E-state index contributed by atoms with van der Waals surface area (Å²) in [6.07, 6.45) is 0.694. The van der Waals surface area contributed by atoms with E-state index in [9.17, 15) is 0 Å². The summed E-state index contributed by atoms with van der Waals surface area (Å²) in [4.78, 5) is 0. The Balaban J connectivity index is 2.18. The number of hydrogen-bond acceptors (Lipinski definition) is 2. The normalized spacial score (nSPS) is 12.2. The summed E-state index contributed by atoms with van der Waals surface area (Å²) in [6, 6.07) is 11.1. The first-order valence-electron chi connectivity index (χ1n) is 6.03. The summed E-state index contributed by atoms with van der Waals surface area (Å²) in [5.74, 6) is 0.799. The number of hydrogen-bond donors (Lipinski definition) is 1. The summed E-state index contributed by atoms with van der Waals surface area (Å²) < 4.78 is 6.12. The molecule has 0 heterocycles. The molecule has 20 heavy (non-hydrogen) atoms. The van der Waals surface area contributed by atoms with Gasteiger partial charge in [0.2, 0.25) is 0 Å². The molecule has 0 aliphatic carbocycles. The second-order valence-electron chi connectivity index (χ2n) is 4.48. The van der Waals surface area contributed by atoms with Crippen molar-refractivity contribution in [2.45, 2.75) is 12.5 Å². The standard InChI is InChI=1S/C15H14BrCl2NO/c1-20-15-3-2-9(4-13(15)16)5-14(19)10-6-11(17)8-12(18)7-10/h2-4,6-8,14H,5,19H2,1H3. The van der Waals surface area contributed by atoms with Gasteiger partial charge in [-0.15, -0.1) is 0 Å². The van der Waals surface area contributed by atoms with Gasteiger partial charge in [0.1, 0.15) is 5.75 Å². The molecule has 2 N–H and O–H groups in total. The minimum atomic E-state index is -0.161. The number of nitrogens with two attached hydrogens (primary N) is 1. The quantitative estimate of drug-likeness (QED) is 0.816. The molecular weight excluding hydrogens is 361 g/mol. The van der Waals surface area contributed by atoms with Crippen LogP contribution in [0.1, 0.15) is 17.2 Å². The monoisotopic (exact) mass is 373 g/mol. The van der Waals surface area contributed by atoms with E-state index in [2.05, 4.69) is 15.9 Å². The molecule has 1 unspecified atom stereocenters. The lowest BCUT2D eigenvalue weighted by Gasteiger charge is -2.14. The van der Waals surface area contributed by atoms with Crippen molar-refractivity contribution in [1.29, 1.82) is 0 Å². The first kappa shape index (κ1) is 15.6. The van der Waals surface area contributed by atoms with Crippen LogP contribution in [-0.4, -0.2) is 7.11 Å². The molecule has 0 fully saturated rings. The van der Waals surface area contributed by atoms with Gasteiger partial charge in [-0.1, -0.05) is 29.3 Å². The van der Waals surface area contributed by atoms with Gasteiger partial charge in [0.05, 0.1) is 11.6 Å². The van der Waals surface area contributed by atoms with Crippen LogP contribution < -0.4 is 10.5 Å². The fourth-order valence-electron chi connectivity index (χ4n) is 2.00. The van der Waals surface area contributed by atoms with Gasteiger partial charge in [-0.2, -0.15) is 0 Å². The molecule has 0 spiro atoms. The maximum atomic E-state index is 6.22. The van der Waals surface area contributed by atoms with Crippen molar-refractivity contribution < 1.29 is 4.74 Å². The second-order valence-corrected chi connectivity index (χ2v) is 6.21. The van der Waals surface area contributed by atoms with Crippen molar-refractivity contribution in [2.24, 2.45) is 5.73 Å². The van der Waals surface area contributed by atoms with E-state index in [1.807, 2.05) is 30.3 Å². The van der Waals surface area contributed by atoms with Crippen molar-refractivity contribution in [3.8, 4) is 5.75 Å². The third kappa shape index (κ3) is 3.89. The van der Waals surface area contributed by atoms with Crippen molar-refractivity contribution in [2.75, 3.05) is 7.11 Å². The van der Waals surface area contributed by atoms with Crippen LogP contribution >= 0.6 is 39.1 Å². The van der Waals surface area contributed by atoms with Gasteiger partial charge in [-0.25, -0.2) is 0 Å². The molecule has 0 radical (unpaired) electrons. The predicted octanol–water partition coefficient (Wildman–Crippen LogP) is 5.01. The van der Waals surface area contributed by atoms with Gasteiger partial charge in [0.15, 0.2) is 0 Å². The molecule has 0 saturated carbocycles. The predicted molar refractivity (Wildman–Crippen MR) is 87.8 cm³/mol. The smallest absolute Gasteiger partial charge is 0.133 e. The molecule has 2 nitrogen and oxygen atoms in total. The van der Waals surface area contributed by atoms with Gasteiger partial charge in [-0.3, -0.25) is 0 Å². The fourth-order valence-corrected chi connectivity index (χ4v) is 3.13. The summed E-state index contributed by atoms with van der Waals surface area (Å²) in [7, 11) is 1.64. The lowest BCUT2D eigenvalue weighted by molar-refractivity contribution is 0.412. The van der Waals surface area contributed by atoms with Crippen molar-refractivity contribution in [1.82, 2.24) is 0 Å². The van der Waals surface area contributed by atoms with E-state index in [1.165, 1.54) is 0 Å². The van der Waals surface area contributed by atoms with E-state index >= 15 is 0 Å². The van der Waals surface area contributed by atoms with E-state index in [0.717, 1.165) is 21.3 Å². The van der Waals surface area contributed by atoms with Crippen LogP contribution in [0.2, 0.25) is 10.0 Å². The van der Waals surface area contributed by atoms with E-state index in [1.54, 1.807) is 13.2 Å². The third-order valence-corrected chi connectivity index (χ3v) is 4.04. The Hall–Kier alpha value is -0.740. The lowest BCUT2D eigenvalue weighted by atomic mass is 10.00. The van der Waals surface area contributed by atoms with Crippen molar-refractivity contribution >= 4 is 39.1 Å². The van der Waals surface area contributed by atoms with Crippen molar-refractivity contribution in [3.63, 3.8) is 0 Å². The lowest BCUT2D eigenvalue weighted by Crippen LogP contribution is -2.13. The van der Waals surface area contributed by atoms with Crippen LogP contribution in [0.3, 0.4) is 0 Å². The van der Waals surface area contributed by atoms with Gasteiger partial charge in [0.25, 0.3) is 0 Å². The van der Waals surface area contributed by atoms with Crippen LogP contribution in [0.25, 0.3) is 0 Å². The number of ether oxygens (including phenoxy) is 1. The average Bonchev–Trinajstić information content (AvgIpc) is 2.37. The molecule has 2 rings (SSSR count). The Kier molecular flexibility index (Phi) is 5.33. The highest BCUT2D eigenvalue weighted by Gasteiger charge is 2.10. The zero-order chi connectivity index (χ0) is 14.7. The molecule has 2 aromatic carbocycles. The maximum Gasteiger partial charge on any atom is 0.133 e. The minimum Gasteiger partial charge on any atom is -0.496 e. The first-order chi connectivity index (χ1) is 9.49. The summed E-state index contributed by atoms with van der Waals surface area (Å²) in [5.41, 5.74) is 8.26. The highest BCUT2D eigenvalue weighted by molar-refractivity contribution is 9.10. The van der Waals surface area contributed by atoms with Crippen LogP contribution in [0.5, 0.6) is 5.75 Å². The summed E-state index contributed by atoms with van der Waals surface area (Å²) >= 11 is 15.5. The van der Waals surface area contributed by atoms with Gasteiger partial charge in [-0.05, 0) is 63.8 Å². The topological polar surface area (TPSA) is 35.2 Å². The molecule has 1 atom stereocenters. The van der Waals surface area contributed by atoms with Crippen LogP contribution in [-0.2, 0) is 6.42 Å². The average molecular weight is 375 g/mol. The first-order valence-corrected chi connectivity index (χ1v) is 7.58. The molecule has 0 bridgehead atoms.